The average molecular weight is 294 g/mol. The molecule has 0 aliphatic carbocycles. The Morgan fingerprint density at radius 1 is 1.10 bits per heavy atom. The largest absolute Gasteiger partial charge is 0.497 e. The van der Waals surface area contributed by atoms with Crippen molar-refractivity contribution in [3.63, 3.8) is 0 Å². The van der Waals surface area contributed by atoms with Crippen LogP contribution in [0.25, 0.3) is 0 Å². The summed E-state index contributed by atoms with van der Waals surface area (Å²) in [6, 6.07) is 5.86. The Balaban J connectivity index is 3.24. The first-order valence-corrected chi connectivity index (χ1v) is 7.78. The molecule has 0 fully saturated rings. The molecule has 1 aromatic rings. The van der Waals surface area contributed by atoms with Gasteiger partial charge in [0, 0.05) is 12.1 Å². The molecule has 0 aliphatic heterocycles. The van der Waals surface area contributed by atoms with E-state index in [2.05, 4.69) is 25.7 Å². The van der Waals surface area contributed by atoms with Crippen LogP contribution in [0.3, 0.4) is 0 Å². The van der Waals surface area contributed by atoms with Gasteiger partial charge in [-0.1, -0.05) is 27.2 Å². The lowest BCUT2D eigenvalue weighted by atomic mass is 9.85. The fourth-order valence-corrected chi connectivity index (χ4v) is 2.79. The predicted octanol–water partition coefficient (Wildman–Crippen LogP) is 3.00. The van der Waals surface area contributed by atoms with Crippen molar-refractivity contribution in [1.29, 1.82) is 0 Å². The molecule has 0 bridgehead atoms. The third-order valence-electron chi connectivity index (χ3n) is 4.04. The molecule has 21 heavy (non-hydrogen) atoms. The molecule has 1 aromatic carbocycles. The monoisotopic (exact) mass is 294 g/mol. The number of ether oxygens (including phenoxy) is 2. The van der Waals surface area contributed by atoms with Gasteiger partial charge in [-0.25, -0.2) is 0 Å². The van der Waals surface area contributed by atoms with Crippen LogP contribution in [0.5, 0.6) is 11.5 Å². The van der Waals surface area contributed by atoms with Crippen molar-refractivity contribution in [2.45, 2.75) is 39.2 Å². The number of nitrogens with two attached hydrogens (primary N) is 1. The SMILES string of the molecule is CCCC(N)(CN(CC)CC)c1cc(OC)ccc1OC. The first-order valence-electron chi connectivity index (χ1n) is 7.78. The Morgan fingerprint density at radius 3 is 2.24 bits per heavy atom. The van der Waals surface area contributed by atoms with Gasteiger partial charge in [0.15, 0.2) is 0 Å². The van der Waals surface area contributed by atoms with Crippen molar-refractivity contribution in [1.82, 2.24) is 4.90 Å². The van der Waals surface area contributed by atoms with Crippen molar-refractivity contribution in [3.8, 4) is 11.5 Å². The van der Waals surface area contributed by atoms with E-state index in [0.717, 1.165) is 49.5 Å². The highest BCUT2D eigenvalue weighted by Crippen LogP contribution is 2.35. The highest BCUT2D eigenvalue weighted by Gasteiger charge is 2.31. The highest BCUT2D eigenvalue weighted by molar-refractivity contribution is 5.44. The highest BCUT2D eigenvalue weighted by atomic mass is 16.5. The summed E-state index contributed by atoms with van der Waals surface area (Å²) in [4.78, 5) is 2.36. The zero-order valence-electron chi connectivity index (χ0n) is 14.1. The minimum atomic E-state index is -0.430. The van der Waals surface area contributed by atoms with Crippen LogP contribution in [0.2, 0.25) is 0 Å². The molecule has 4 heteroatoms. The van der Waals surface area contributed by atoms with Crippen LogP contribution >= 0.6 is 0 Å². The van der Waals surface area contributed by atoms with Gasteiger partial charge in [-0.2, -0.15) is 0 Å². The van der Waals surface area contributed by atoms with Gasteiger partial charge in [0.2, 0.25) is 0 Å². The average Bonchev–Trinajstić information content (AvgIpc) is 2.52. The van der Waals surface area contributed by atoms with E-state index in [9.17, 15) is 0 Å². The summed E-state index contributed by atoms with van der Waals surface area (Å²) < 4.78 is 10.9. The van der Waals surface area contributed by atoms with Crippen LogP contribution in [0.4, 0.5) is 0 Å². The second-order valence-corrected chi connectivity index (χ2v) is 5.43. The Hall–Kier alpha value is -1.26. The fraction of sp³-hybridized carbons (Fsp3) is 0.647. The van der Waals surface area contributed by atoms with Crippen LogP contribution in [-0.2, 0) is 5.54 Å². The lowest BCUT2D eigenvalue weighted by molar-refractivity contribution is 0.211. The molecule has 0 aromatic heterocycles. The van der Waals surface area contributed by atoms with Gasteiger partial charge in [0.05, 0.1) is 19.8 Å². The lowest BCUT2D eigenvalue weighted by Gasteiger charge is -2.36. The van der Waals surface area contributed by atoms with Crippen molar-refractivity contribution in [2.24, 2.45) is 5.73 Å². The molecule has 2 N–H and O–H groups in total. The summed E-state index contributed by atoms with van der Waals surface area (Å²) in [6.45, 7) is 9.29. The number of likely N-dealkylation sites (N-methyl/N-ethyl adjacent to an activating group) is 1. The molecule has 0 saturated heterocycles. The van der Waals surface area contributed by atoms with Crippen LogP contribution in [0.15, 0.2) is 18.2 Å². The molecule has 120 valence electrons. The van der Waals surface area contributed by atoms with Gasteiger partial charge >= 0.3 is 0 Å². The second-order valence-electron chi connectivity index (χ2n) is 5.43. The van der Waals surface area contributed by atoms with Crippen LogP contribution in [0.1, 0.15) is 39.2 Å². The van der Waals surface area contributed by atoms with E-state index in [1.165, 1.54) is 0 Å². The first-order chi connectivity index (χ1) is 10.0. The van der Waals surface area contributed by atoms with E-state index in [1.807, 2.05) is 18.2 Å². The summed E-state index contributed by atoms with van der Waals surface area (Å²) in [5.74, 6) is 1.65. The predicted molar refractivity (Wildman–Crippen MR) is 88.1 cm³/mol. The van der Waals surface area contributed by atoms with Crippen molar-refractivity contribution in [3.05, 3.63) is 23.8 Å². The van der Waals surface area contributed by atoms with E-state index in [0.29, 0.717) is 0 Å². The molecule has 4 nitrogen and oxygen atoms in total. The molecular formula is C17H30N2O2. The smallest absolute Gasteiger partial charge is 0.124 e. The summed E-state index contributed by atoms with van der Waals surface area (Å²) in [5.41, 5.74) is 7.40. The van der Waals surface area contributed by atoms with Crippen molar-refractivity contribution >= 4 is 0 Å². The van der Waals surface area contributed by atoms with Gasteiger partial charge in [-0.15, -0.1) is 0 Å². The van der Waals surface area contributed by atoms with Crippen LogP contribution in [-0.4, -0.2) is 38.8 Å². The van der Waals surface area contributed by atoms with E-state index in [-0.39, 0.29) is 0 Å². The van der Waals surface area contributed by atoms with E-state index >= 15 is 0 Å². The maximum Gasteiger partial charge on any atom is 0.124 e. The second kappa shape index (κ2) is 8.25. The number of benzene rings is 1. The summed E-state index contributed by atoms with van der Waals surface area (Å²) >= 11 is 0. The van der Waals surface area contributed by atoms with Gasteiger partial charge < -0.3 is 20.1 Å². The van der Waals surface area contributed by atoms with E-state index in [1.54, 1.807) is 14.2 Å². The fourth-order valence-electron chi connectivity index (χ4n) is 2.79. The molecule has 0 spiro atoms. The Bertz CT molecular complexity index is 433. The maximum atomic E-state index is 6.80. The first kappa shape index (κ1) is 17.8. The lowest BCUT2D eigenvalue weighted by Crippen LogP contribution is -2.47. The normalized spacial score (nSPS) is 14.0. The zero-order chi connectivity index (χ0) is 15.9. The molecule has 0 saturated carbocycles. The molecular weight excluding hydrogens is 264 g/mol. The molecule has 1 unspecified atom stereocenters. The molecule has 1 atom stereocenters. The summed E-state index contributed by atoms with van der Waals surface area (Å²) in [6.07, 6.45) is 1.94. The molecule has 0 amide bonds. The molecule has 0 aliphatic rings. The molecule has 0 radical (unpaired) electrons. The molecule has 1 rings (SSSR count). The number of nitrogens with zero attached hydrogens (tertiary/aromatic N) is 1. The number of hydrogen-bond donors (Lipinski definition) is 1. The topological polar surface area (TPSA) is 47.7 Å². The summed E-state index contributed by atoms with van der Waals surface area (Å²) in [5, 5.41) is 0. The zero-order valence-corrected chi connectivity index (χ0v) is 14.1. The van der Waals surface area contributed by atoms with Gasteiger partial charge in [0.1, 0.15) is 11.5 Å². The summed E-state index contributed by atoms with van der Waals surface area (Å²) in [7, 11) is 3.36. The van der Waals surface area contributed by atoms with Crippen molar-refractivity contribution < 1.29 is 9.47 Å². The Labute approximate surface area is 129 Å². The third-order valence-corrected chi connectivity index (χ3v) is 4.04. The Morgan fingerprint density at radius 2 is 1.76 bits per heavy atom. The van der Waals surface area contributed by atoms with E-state index < -0.39 is 5.54 Å². The van der Waals surface area contributed by atoms with Gasteiger partial charge in [-0.3, -0.25) is 0 Å². The van der Waals surface area contributed by atoms with Crippen molar-refractivity contribution in [2.75, 3.05) is 33.9 Å². The minimum Gasteiger partial charge on any atom is -0.497 e. The number of rotatable bonds is 9. The van der Waals surface area contributed by atoms with Crippen LogP contribution < -0.4 is 15.2 Å². The Kier molecular flexibility index (Phi) is 6.99. The van der Waals surface area contributed by atoms with Crippen LogP contribution in [0, 0.1) is 0 Å². The van der Waals surface area contributed by atoms with Gasteiger partial charge in [0.25, 0.3) is 0 Å². The number of methoxy groups -OCH3 is 2. The van der Waals surface area contributed by atoms with Gasteiger partial charge in [-0.05, 0) is 37.7 Å². The standard InChI is InChI=1S/C17H30N2O2/c1-6-11-17(18,13-19(7-2)8-3)15-12-14(20-4)9-10-16(15)21-5/h9-10,12H,6-8,11,13,18H2,1-5H3. The quantitative estimate of drug-likeness (QED) is 0.760. The minimum absolute atomic E-state index is 0.430. The maximum absolute atomic E-state index is 6.80. The van der Waals surface area contributed by atoms with E-state index in [4.69, 9.17) is 15.2 Å². The number of hydrogen-bond acceptors (Lipinski definition) is 4. The third kappa shape index (κ3) is 4.35. The molecule has 0 heterocycles.